The van der Waals surface area contributed by atoms with E-state index in [-0.39, 0.29) is 6.61 Å². The van der Waals surface area contributed by atoms with Gasteiger partial charge in [-0.1, -0.05) is 18.1 Å². The minimum Gasteiger partial charge on any atom is -0.490 e. The molecule has 0 amide bonds. The zero-order valence-corrected chi connectivity index (χ0v) is 8.64. The van der Waals surface area contributed by atoms with Gasteiger partial charge in [-0.3, -0.25) is 0 Å². The largest absolute Gasteiger partial charge is 0.490 e. The quantitative estimate of drug-likeness (QED) is 0.736. The van der Waals surface area contributed by atoms with Gasteiger partial charge in [-0.15, -0.1) is 6.42 Å². The van der Waals surface area contributed by atoms with E-state index < -0.39 is 6.10 Å². The van der Waals surface area contributed by atoms with Crippen LogP contribution in [0.25, 0.3) is 0 Å². The Morgan fingerprint density at radius 3 is 2.60 bits per heavy atom. The predicted molar refractivity (Wildman–Crippen MR) is 57.5 cm³/mol. The highest BCUT2D eigenvalue weighted by Crippen LogP contribution is 2.12. The van der Waals surface area contributed by atoms with Gasteiger partial charge in [0, 0.05) is 7.11 Å². The van der Waals surface area contributed by atoms with Gasteiger partial charge in [-0.2, -0.15) is 0 Å². The molecule has 1 N–H and O–H groups in total. The summed E-state index contributed by atoms with van der Waals surface area (Å²) in [6, 6.07) is 7.44. The van der Waals surface area contributed by atoms with Gasteiger partial charge in [-0.25, -0.2) is 0 Å². The molecule has 0 saturated carbocycles. The van der Waals surface area contributed by atoms with Gasteiger partial charge in [0.2, 0.25) is 0 Å². The fourth-order valence-corrected chi connectivity index (χ4v) is 1.07. The molecule has 1 atom stereocenters. The van der Waals surface area contributed by atoms with E-state index in [2.05, 4.69) is 5.92 Å². The first-order valence-electron chi connectivity index (χ1n) is 4.61. The second-order valence-corrected chi connectivity index (χ2v) is 3.07. The third-order valence-electron chi connectivity index (χ3n) is 1.83. The number of methoxy groups -OCH3 is 1. The van der Waals surface area contributed by atoms with Crippen LogP contribution < -0.4 is 4.74 Å². The lowest BCUT2D eigenvalue weighted by atomic mass is 10.2. The molecule has 0 fully saturated rings. The van der Waals surface area contributed by atoms with E-state index >= 15 is 0 Å². The highest BCUT2D eigenvalue weighted by atomic mass is 16.5. The first kappa shape index (κ1) is 11.6. The minimum atomic E-state index is -0.858. The van der Waals surface area contributed by atoms with Crippen LogP contribution in [0.4, 0.5) is 0 Å². The van der Waals surface area contributed by atoms with E-state index in [1.807, 2.05) is 24.3 Å². The monoisotopic (exact) mass is 206 g/mol. The third-order valence-corrected chi connectivity index (χ3v) is 1.83. The van der Waals surface area contributed by atoms with Gasteiger partial charge in [0.25, 0.3) is 0 Å². The van der Waals surface area contributed by atoms with Crippen molar-refractivity contribution >= 4 is 0 Å². The Hall–Kier alpha value is -1.50. The van der Waals surface area contributed by atoms with Crippen LogP contribution in [0.15, 0.2) is 24.3 Å². The molecule has 0 bridgehead atoms. The Morgan fingerprint density at radius 1 is 1.40 bits per heavy atom. The Kier molecular flexibility index (Phi) is 4.69. The van der Waals surface area contributed by atoms with Crippen LogP contribution in [-0.4, -0.2) is 24.9 Å². The summed E-state index contributed by atoms with van der Waals surface area (Å²) in [5, 5.41) is 9.08. The number of benzene rings is 1. The maximum atomic E-state index is 9.08. The van der Waals surface area contributed by atoms with Crippen LogP contribution >= 0.6 is 0 Å². The van der Waals surface area contributed by atoms with Crippen LogP contribution in [0.3, 0.4) is 0 Å². The van der Waals surface area contributed by atoms with Crippen molar-refractivity contribution in [1.29, 1.82) is 0 Å². The van der Waals surface area contributed by atoms with E-state index in [1.54, 1.807) is 7.11 Å². The molecule has 1 aromatic rings. The second-order valence-electron chi connectivity index (χ2n) is 3.07. The highest BCUT2D eigenvalue weighted by Gasteiger charge is 2.00. The van der Waals surface area contributed by atoms with Crippen molar-refractivity contribution in [3.8, 4) is 18.1 Å². The topological polar surface area (TPSA) is 38.7 Å². The van der Waals surface area contributed by atoms with Crippen molar-refractivity contribution in [3.63, 3.8) is 0 Å². The van der Waals surface area contributed by atoms with Gasteiger partial charge in [0.15, 0.2) is 0 Å². The molecule has 0 heterocycles. The fraction of sp³-hybridized carbons (Fsp3) is 0.333. The van der Waals surface area contributed by atoms with E-state index in [0.29, 0.717) is 12.4 Å². The molecule has 0 radical (unpaired) electrons. The average Bonchev–Trinajstić information content (AvgIpc) is 2.28. The summed E-state index contributed by atoms with van der Waals surface area (Å²) in [6.45, 7) is 0.688. The smallest absolute Gasteiger partial charge is 0.148 e. The maximum absolute atomic E-state index is 9.08. The summed E-state index contributed by atoms with van der Waals surface area (Å²) in [6.07, 6.45) is 4.15. The molecule has 15 heavy (non-hydrogen) atoms. The number of rotatable bonds is 5. The van der Waals surface area contributed by atoms with Crippen LogP contribution in [0.5, 0.6) is 5.75 Å². The molecule has 0 spiro atoms. The predicted octanol–water partition coefficient (Wildman–Crippen LogP) is 1.21. The lowest BCUT2D eigenvalue weighted by Gasteiger charge is -2.08. The third kappa shape index (κ3) is 4.03. The summed E-state index contributed by atoms with van der Waals surface area (Å²) in [7, 11) is 1.65. The molecule has 0 saturated heterocycles. The molecule has 80 valence electrons. The Labute approximate surface area is 89.6 Å². The maximum Gasteiger partial charge on any atom is 0.148 e. The van der Waals surface area contributed by atoms with Crippen LogP contribution in [-0.2, 0) is 11.3 Å². The van der Waals surface area contributed by atoms with Crippen molar-refractivity contribution in [3.05, 3.63) is 29.8 Å². The van der Waals surface area contributed by atoms with Crippen molar-refractivity contribution in [2.45, 2.75) is 12.7 Å². The first-order valence-corrected chi connectivity index (χ1v) is 4.61. The Balaban J connectivity index is 2.46. The van der Waals surface area contributed by atoms with Gasteiger partial charge in [-0.05, 0) is 17.7 Å². The SMILES string of the molecule is C#C[C@@H](O)COc1ccc(COC)cc1. The molecule has 0 aliphatic carbocycles. The highest BCUT2D eigenvalue weighted by molar-refractivity contribution is 5.27. The molecule has 0 aromatic heterocycles. The average molecular weight is 206 g/mol. The van der Waals surface area contributed by atoms with Crippen molar-refractivity contribution in [2.24, 2.45) is 0 Å². The summed E-state index contributed by atoms with van der Waals surface area (Å²) in [5.74, 6) is 2.86. The normalized spacial score (nSPS) is 11.8. The number of ether oxygens (including phenoxy) is 2. The van der Waals surface area contributed by atoms with E-state index in [0.717, 1.165) is 5.56 Å². The van der Waals surface area contributed by atoms with Crippen LogP contribution in [0.2, 0.25) is 0 Å². The molecular formula is C12H14O3. The van der Waals surface area contributed by atoms with E-state index in [9.17, 15) is 0 Å². The number of aliphatic hydroxyl groups excluding tert-OH is 1. The molecule has 3 nitrogen and oxygen atoms in total. The number of terminal acetylenes is 1. The lowest BCUT2D eigenvalue weighted by Crippen LogP contribution is -2.14. The first-order chi connectivity index (χ1) is 7.26. The fourth-order valence-electron chi connectivity index (χ4n) is 1.07. The molecule has 0 aliphatic heterocycles. The van der Waals surface area contributed by atoms with Gasteiger partial charge in [0.05, 0.1) is 6.61 Å². The number of aliphatic hydroxyl groups is 1. The van der Waals surface area contributed by atoms with Gasteiger partial charge in [0.1, 0.15) is 18.5 Å². The van der Waals surface area contributed by atoms with Crippen LogP contribution in [0.1, 0.15) is 5.56 Å². The molecule has 3 heteroatoms. The summed E-state index contributed by atoms with van der Waals surface area (Å²) >= 11 is 0. The van der Waals surface area contributed by atoms with Gasteiger partial charge >= 0.3 is 0 Å². The number of hydrogen-bond acceptors (Lipinski definition) is 3. The summed E-state index contributed by atoms with van der Waals surface area (Å²) < 4.78 is 10.2. The lowest BCUT2D eigenvalue weighted by molar-refractivity contribution is 0.151. The standard InChI is InChI=1S/C12H14O3/c1-3-11(13)9-15-12-6-4-10(5-7-12)8-14-2/h1,4-7,11,13H,8-9H2,2H3/t11-/m1/s1. The summed E-state index contributed by atoms with van der Waals surface area (Å²) in [5.41, 5.74) is 1.07. The number of hydrogen-bond donors (Lipinski definition) is 1. The molecule has 0 unspecified atom stereocenters. The van der Waals surface area contributed by atoms with Crippen molar-refractivity contribution < 1.29 is 14.6 Å². The van der Waals surface area contributed by atoms with Crippen LogP contribution in [0, 0.1) is 12.3 Å². The van der Waals surface area contributed by atoms with Crippen molar-refractivity contribution in [2.75, 3.05) is 13.7 Å². The molecule has 1 aromatic carbocycles. The zero-order chi connectivity index (χ0) is 11.1. The zero-order valence-electron chi connectivity index (χ0n) is 8.64. The Bertz CT molecular complexity index is 324. The van der Waals surface area contributed by atoms with E-state index in [1.165, 1.54) is 0 Å². The minimum absolute atomic E-state index is 0.111. The Morgan fingerprint density at radius 2 is 2.07 bits per heavy atom. The molecule has 0 aliphatic rings. The molecule has 1 rings (SSSR count). The summed E-state index contributed by atoms with van der Waals surface area (Å²) in [4.78, 5) is 0. The van der Waals surface area contributed by atoms with Crippen molar-refractivity contribution in [1.82, 2.24) is 0 Å². The molecular weight excluding hydrogens is 192 g/mol. The van der Waals surface area contributed by atoms with Gasteiger partial charge < -0.3 is 14.6 Å². The van der Waals surface area contributed by atoms with E-state index in [4.69, 9.17) is 21.0 Å². The second kappa shape index (κ2) is 6.07.